The van der Waals surface area contributed by atoms with Gasteiger partial charge in [0.25, 0.3) is 0 Å². The average Bonchev–Trinajstić information content (AvgIpc) is 2.66. The fraction of sp³-hybridized carbons (Fsp3) is 0.350. The van der Waals surface area contributed by atoms with E-state index in [2.05, 4.69) is 10.2 Å². The molecule has 0 spiro atoms. The highest BCUT2D eigenvalue weighted by molar-refractivity contribution is 7.80. The van der Waals surface area contributed by atoms with Crippen LogP contribution in [0.3, 0.4) is 0 Å². The molecule has 0 bridgehead atoms. The molecule has 138 valence electrons. The largest absolute Gasteiger partial charge is 0.494 e. The minimum absolute atomic E-state index is 0.190. The van der Waals surface area contributed by atoms with E-state index in [0.717, 1.165) is 54.8 Å². The van der Waals surface area contributed by atoms with Crippen molar-refractivity contribution in [3.05, 3.63) is 59.9 Å². The normalized spacial score (nSPS) is 17.0. The van der Waals surface area contributed by atoms with Crippen molar-refractivity contribution in [3.63, 3.8) is 0 Å². The lowest BCUT2D eigenvalue weighted by atomic mass is 10.2. The van der Waals surface area contributed by atoms with Gasteiger partial charge in [0.1, 0.15) is 18.1 Å². The number of thiocarbonyl (C=S) groups is 1. The molecule has 1 atom stereocenters. The average molecular weight is 375 g/mol. The Morgan fingerprint density at radius 3 is 2.62 bits per heavy atom. The number of halogens is 1. The first-order valence-corrected chi connectivity index (χ1v) is 9.41. The van der Waals surface area contributed by atoms with Crippen molar-refractivity contribution in [3.8, 4) is 5.75 Å². The number of benzene rings is 2. The Kier molecular flexibility index (Phi) is 6.41. The van der Waals surface area contributed by atoms with Crippen molar-refractivity contribution >= 4 is 23.0 Å². The quantitative estimate of drug-likeness (QED) is 0.788. The first kappa shape index (κ1) is 18.6. The molecule has 2 N–H and O–H groups in total. The Bertz CT molecular complexity index is 721. The molecule has 0 radical (unpaired) electrons. The lowest BCUT2D eigenvalue weighted by Crippen LogP contribution is -3.13. The van der Waals surface area contributed by atoms with Crippen LogP contribution in [0.5, 0.6) is 5.75 Å². The van der Waals surface area contributed by atoms with Crippen LogP contribution < -0.4 is 15.0 Å². The molecule has 0 saturated carbocycles. The number of ether oxygens (including phenoxy) is 1. The molecule has 1 aliphatic rings. The summed E-state index contributed by atoms with van der Waals surface area (Å²) in [5.74, 6) is 0.668. The van der Waals surface area contributed by atoms with Crippen LogP contribution in [0.25, 0.3) is 0 Å². The van der Waals surface area contributed by atoms with Crippen LogP contribution in [0, 0.1) is 5.82 Å². The maximum absolute atomic E-state index is 13.1. The third-order valence-electron chi connectivity index (χ3n) is 4.44. The van der Waals surface area contributed by atoms with Gasteiger partial charge in [-0.3, -0.25) is 0 Å². The van der Waals surface area contributed by atoms with Gasteiger partial charge in [0.05, 0.1) is 13.2 Å². The van der Waals surface area contributed by atoms with Gasteiger partial charge in [0, 0.05) is 24.2 Å². The van der Waals surface area contributed by atoms with Crippen molar-refractivity contribution in [2.75, 3.05) is 31.7 Å². The summed E-state index contributed by atoms with van der Waals surface area (Å²) in [4.78, 5) is 3.63. The van der Waals surface area contributed by atoms with E-state index in [0.29, 0.717) is 6.61 Å². The Hall–Kier alpha value is -2.18. The zero-order valence-electron chi connectivity index (χ0n) is 15.0. The second kappa shape index (κ2) is 8.96. The number of quaternary nitrogens is 1. The Morgan fingerprint density at radius 1 is 1.19 bits per heavy atom. The Morgan fingerprint density at radius 2 is 1.92 bits per heavy atom. The lowest BCUT2D eigenvalue weighted by Gasteiger charge is -2.34. The molecule has 6 heteroatoms. The minimum atomic E-state index is -0.190. The molecule has 4 nitrogen and oxygen atoms in total. The molecule has 26 heavy (non-hydrogen) atoms. The predicted octanol–water partition coefficient (Wildman–Crippen LogP) is 2.67. The van der Waals surface area contributed by atoms with Crippen LogP contribution in [0.2, 0.25) is 0 Å². The zero-order valence-corrected chi connectivity index (χ0v) is 15.8. The van der Waals surface area contributed by atoms with Crippen LogP contribution in [0.1, 0.15) is 18.9 Å². The minimum Gasteiger partial charge on any atom is -0.494 e. The van der Waals surface area contributed by atoms with Gasteiger partial charge in [-0.15, -0.1) is 0 Å². The van der Waals surface area contributed by atoms with Gasteiger partial charge in [0.15, 0.2) is 11.8 Å². The second-order valence-electron chi connectivity index (χ2n) is 6.47. The van der Waals surface area contributed by atoms with Gasteiger partial charge in [-0.1, -0.05) is 12.1 Å². The number of rotatable bonds is 5. The maximum Gasteiger partial charge on any atom is 0.177 e. The van der Waals surface area contributed by atoms with Gasteiger partial charge in [-0.05, 0) is 55.5 Å². The second-order valence-corrected chi connectivity index (χ2v) is 6.85. The molecule has 1 unspecified atom stereocenters. The summed E-state index contributed by atoms with van der Waals surface area (Å²) in [6.45, 7) is 6.40. The Balaban J connectivity index is 1.54. The van der Waals surface area contributed by atoms with Crippen LogP contribution >= 0.6 is 12.2 Å². The fourth-order valence-corrected chi connectivity index (χ4v) is 3.43. The van der Waals surface area contributed by atoms with Gasteiger partial charge in [0.2, 0.25) is 0 Å². The third-order valence-corrected chi connectivity index (χ3v) is 4.80. The SMILES string of the molecule is CCOc1ccc(NC(=S)N2CCC[NH+](Cc3ccc(F)cc3)C2)cc1. The highest BCUT2D eigenvalue weighted by atomic mass is 32.1. The summed E-state index contributed by atoms with van der Waals surface area (Å²) in [5.41, 5.74) is 2.11. The molecule has 2 aromatic carbocycles. The fourth-order valence-electron chi connectivity index (χ4n) is 3.16. The molecule has 1 aliphatic heterocycles. The Labute approximate surface area is 159 Å². The van der Waals surface area contributed by atoms with Gasteiger partial charge >= 0.3 is 0 Å². The standard InChI is InChI=1S/C20H24FN3OS/c1-2-25-19-10-8-18(9-11-19)22-20(26)24-13-3-12-23(15-24)14-16-4-6-17(21)7-5-16/h4-11H,2-3,12-15H2,1H3,(H,22,26)/p+1. The third kappa shape index (κ3) is 5.16. The molecule has 0 amide bonds. The van der Waals surface area contributed by atoms with E-state index in [1.807, 2.05) is 43.3 Å². The van der Waals surface area contributed by atoms with E-state index in [-0.39, 0.29) is 5.82 Å². The van der Waals surface area contributed by atoms with E-state index >= 15 is 0 Å². The summed E-state index contributed by atoms with van der Waals surface area (Å²) in [5, 5.41) is 4.05. The van der Waals surface area contributed by atoms with Crippen molar-refractivity contribution < 1.29 is 14.0 Å². The van der Waals surface area contributed by atoms with Crippen LogP contribution in [0.4, 0.5) is 10.1 Å². The number of hydrogen-bond acceptors (Lipinski definition) is 2. The van der Waals surface area contributed by atoms with Crippen molar-refractivity contribution in [2.45, 2.75) is 19.9 Å². The molecule has 1 fully saturated rings. The van der Waals surface area contributed by atoms with E-state index in [1.165, 1.54) is 17.0 Å². The predicted molar refractivity (Wildman–Crippen MR) is 106 cm³/mol. The van der Waals surface area contributed by atoms with Gasteiger partial charge < -0.3 is 19.9 Å². The lowest BCUT2D eigenvalue weighted by molar-refractivity contribution is -0.927. The number of nitrogens with zero attached hydrogens (tertiary/aromatic N) is 1. The number of hydrogen-bond donors (Lipinski definition) is 2. The molecular formula is C20H25FN3OS+. The van der Waals surface area contributed by atoms with Gasteiger partial charge in [-0.25, -0.2) is 4.39 Å². The van der Waals surface area contributed by atoms with Crippen LogP contribution in [-0.2, 0) is 6.54 Å². The zero-order chi connectivity index (χ0) is 18.4. The van der Waals surface area contributed by atoms with Crippen LogP contribution in [-0.4, -0.2) is 36.4 Å². The van der Waals surface area contributed by atoms with Crippen LogP contribution in [0.15, 0.2) is 48.5 Å². The summed E-state index contributed by atoms with van der Waals surface area (Å²) in [6, 6.07) is 14.6. The summed E-state index contributed by atoms with van der Waals surface area (Å²) in [7, 11) is 0. The summed E-state index contributed by atoms with van der Waals surface area (Å²) >= 11 is 5.60. The highest BCUT2D eigenvalue weighted by Gasteiger charge is 2.22. The maximum atomic E-state index is 13.1. The first-order chi connectivity index (χ1) is 12.6. The molecular weight excluding hydrogens is 349 g/mol. The molecule has 0 aromatic heterocycles. The monoisotopic (exact) mass is 374 g/mol. The smallest absolute Gasteiger partial charge is 0.177 e. The van der Waals surface area contributed by atoms with E-state index < -0.39 is 0 Å². The highest BCUT2D eigenvalue weighted by Crippen LogP contribution is 2.16. The van der Waals surface area contributed by atoms with Crippen molar-refractivity contribution in [1.29, 1.82) is 0 Å². The first-order valence-electron chi connectivity index (χ1n) is 9.01. The van der Waals surface area contributed by atoms with E-state index in [4.69, 9.17) is 17.0 Å². The van der Waals surface area contributed by atoms with E-state index in [9.17, 15) is 4.39 Å². The number of nitrogens with one attached hydrogen (secondary N) is 2. The van der Waals surface area contributed by atoms with Crippen molar-refractivity contribution in [2.24, 2.45) is 0 Å². The summed E-state index contributed by atoms with van der Waals surface area (Å²) in [6.07, 6.45) is 1.08. The molecule has 1 heterocycles. The number of anilines is 1. The molecule has 3 rings (SSSR count). The molecule has 2 aromatic rings. The molecule has 0 aliphatic carbocycles. The topological polar surface area (TPSA) is 28.9 Å². The van der Waals surface area contributed by atoms with Gasteiger partial charge in [-0.2, -0.15) is 0 Å². The van der Waals surface area contributed by atoms with Crippen molar-refractivity contribution in [1.82, 2.24) is 4.90 Å². The summed E-state index contributed by atoms with van der Waals surface area (Å²) < 4.78 is 18.5. The molecule has 1 saturated heterocycles. The van der Waals surface area contributed by atoms with E-state index in [1.54, 1.807) is 0 Å².